The van der Waals surface area contributed by atoms with Crippen LogP contribution in [0.1, 0.15) is 137 Å². The fraction of sp³-hybridized carbons (Fsp3) is 0.958. The van der Waals surface area contributed by atoms with Gasteiger partial charge in [-0.25, -0.2) is 0 Å². The second-order valence-corrected chi connectivity index (χ2v) is 8.02. The minimum absolute atomic E-state index is 0.883. The van der Waals surface area contributed by atoms with Crippen molar-refractivity contribution < 1.29 is 0 Å². The lowest BCUT2D eigenvalue weighted by Gasteiger charge is -2.23. The third-order valence-electron chi connectivity index (χ3n) is 5.60. The monoisotopic (exact) mass is 337 g/mol. The molecule has 0 aliphatic rings. The Bertz CT molecular complexity index is 220. The van der Waals surface area contributed by atoms with E-state index in [2.05, 4.69) is 34.1 Å². The summed E-state index contributed by atoms with van der Waals surface area (Å²) in [5.74, 6) is 1.78. The maximum Gasteiger partial charge on any atom is -0.0324 e. The summed E-state index contributed by atoms with van der Waals surface area (Å²) >= 11 is 0. The standard InChI is InChI=1S/C24H49/c1-5-9-12-14-15-18-21-24(20-16-11-7-3)22-23(8-4)19-17-13-10-6-2/h22-24H,5-21H2,1-4H3. The summed E-state index contributed by atoms with van der Waals surface area (Å²) in [6.45, 7) is 9.35. The van der Waals surface area contributed by atoms with E-state index in [1.807, 2.05) is 0 Å². The second kappa shape index (κ2) is 19.3. The van der Waals surface area contributed by atoms with Gasteiger partial charge in [0.1, 0.15) is 0 Å². The minimum Gasteiger partial charge on any atom is -0.0654 e. The first-order valence-corrected chi connectivity index (χ1v) is 11.6. The van der Waals surface area contributed by atoms with Crippen LogP contribution in [0.3, 0.4) is 0 Å². The van der Waals surface area contributed by atoms with E-state index >= 15 is 0 Å². The first-order valence-electron chi connectivity index (χ1n) is 11.6. The van der Waals surface area contributed by atoms with E-state index in [0.717, 1.165) is 11.8 Å². The van der Waals surface area contributed by atoms with Gasteiger partial charge < -0.3 is 0 Å². The van der Waals surface area contributed by atoms with Gasteiger partial charge in [0.05, 0.1) is 0 Å². The topological polar surface area (TPSA) is 0 Å². The molecule has 0 nitrogen and oxygen atoms in total. The van der Waals surface area contributed by atoms with Crippen LogP contribution in [-0.4, -0.2) is 0 Å². The van der Waals surface area contributed by atoms with Gasteiger partial charge in [0, 0.05) is 0 Å². The van der Waals surface area contributed by atoms with Crippen molar-refractivity contribution in [2.75, 3.05) is 0 Å². The molecule has 2 atom stereocenters. The number of unbranched alkanes of at least 4 members (excludes halogenated alkanes) is 10. The molecule has 2 unspecified atom stereocenters. The van der Waals surface area contributed by atoms with Gasteiger partial charge in [0.2, 0.25) is 0 Å². The van der Waals surface area contributed by atoms with E-state index in [0.29, 0.717) is 0 Å². The fourth-order valence-electron chi connectivity index (χ4n) is 3.83. The largest absolute Gasteiger partial charge is 0.0654 e. The summed E-state index contributed by atoms with van der Waals surface area (Å²) in [6.07, 6.45) is 27.0. The lowest BCUT2D eigenvalue weighted by Crippen LogP contribution is -2.10. The number of hydrogen-bond donors (Lipinski definition) is 0. The van der Waals surface area contributed by atoms with Crippen molar-refractivity contribution in [1.29, 1.82) is 0 Å². The summed E-state index contributed by atoms with van der Waals surface area (Å²) < 4.78 is 0. The van der Waals surface area contributed by atoms with Gasteiger partial charge in [-0.1, -0.05) is 137 Å². The van der Waals surface area contributed by atoms with E-state index in [9.17, 15) is 0 Å². The maximum atomic E-state index is 2.79. The van der Waals surface area contributed by atoms with Crippen molar-refractivity contribution in [2.45, 2.75) is 137 Å². The van der Waals surface area contributed by atoms with Gasteiger partial charge in [-0.15, -0.1) is 0 Å². The van der Waals surface area contributed by atoms with Crippen LogP contribution in [-0.2, 0) is 0 Å². The van der Waals surface area contributed by atoms with Crippen LogP contribution in [0.5, 0.6) is 0 Å². The lowest BCUT2D eigenvalue weighted by molar-refractivity contribution is 0.381. The Morgan fingerprint density at radius 2 is 0.833 bits per heavy atom. The van der Waals surface area contributed by atoms with Crippen LogP contribution in [0, 0.1) is 18.3 Å². The van der Waals surface area contributed by atoms with Gasteiger partial charge >= 0.3 is 0 Å². The van der Waals surface area contributed by atoms with Crippen LogP contribution in [0.4, 0.5) is 0 Å². The first-order chi connectivity index (χ1) is 11.8. The van der Waals surface area contributed by atoms with Crippen LogP contribution in [0.25, 0.3) is 0 Å². The Hall–Kier alpha value is 0. The SMILES string of the molecule is CCCCCCCCC([CH]C(CC)CCCCCC)CCCCC. The molecule has 1 radical (unpaired) electrons. The summed E-state index contributed by atoms with van der Waals surface area (Å²) in [7, 11) is 0. The molecule has 24 heavy (non-hydrogen) atoms. The Morgan fingerprint density at radius 3 is 1.38 bits per heavy atom. The molecule has 145 valence electrons. The molecule has 0 saturated heterocycles. The summed E-state index contributed by atoms with van der Waals surface area (Å²) in [4.78, 5) is 0. The predicted molar refractivity (Wildman–Crippen MR) is 112 cm³/mol. The summed E-state index contributed by atoms with van der Waals surface area (Å²) in [6, 6.07) is 0. The van der Waals surface area contributed by atoms with E-state index in [1.165, 1.54) is 109 Å². The molecule has 0 aromatic heterocycles. The highest BCUT2D eigenvalue weighted by Gasteiger charge is 2.15. The van der Waals surface area contributed by atoms with E-state index < -0.39 is 0 Å². The zero-order chi connectivity index (χ0) is 17.9. The summed E-state index contributed by atoms with van der Waals surface area (Å²) in [5.41, 5.74) is 0. The molecule has 0 aromatic carbocycles. The van der Waals surface area contributed by atoms with Crippen molar-refractivity contribution >= 4 is 0 Å². The van der Waals surface area contributed by atoms with Crippen molar-refractivity contribution in [2.24, 2.45) is 11.8 Å². The molecule has 0 N–H and O–H groups in total. The zero-order valence-electron chi connectivity index (χ0n) is 17.8. The maximum absolute atomic E-state index is 2.79. The quantitative estimate of drug-likeness (QED) is 0.206. The molecule has 0 fully saturated rings. The highest BCUT2D eigenvalue weighted by molar-refractivity contribution is 4.83. The molecule has 0 bridgehead atoms. The average Bonchev–Trinajstić information content (AvgIpc) is 2.60. The van der Waals surface area contributed by atoms with E-state index in [1.54, 1.807) is 0 Å². The zero-order valence-corrected chi connectivity index (χ0v) is 17.8. The van der Waals surface area contributed by atoms with Gasteiger partial charge in [-0.2, -0.15) is 0 Å². The Morgan fingerprint density at radius 1 is 0.458 bits per heavy atom. The molecule has 0 heterocycles. The first kappa shape index (κ1) is 24.0. The molecule has 0 amide bonds. The molecular weight excluding hydrogens is 288 g/mol. The smallest absolute Gasteiger partial charge is 0.0324 e. The Labute approximate surface area is 155 Å². The molecule has 0 aromatic rings. The Kier molecular flexibility index (Phi) is 19.3. The van der Waals surface area contributed by atoms with Crippen LogP contribution >= 0.6 is 0 Å². The van der Waals surface area contributed by atoms with Crippen molar-refractivity contribution in [3.63, 3.8) is 0 Å². The van der Waals surface area contributed by atoms with E-state index in [4.69, 9.17) is 0 Å². The predicted octanol–water partition coefficient (Wildman–Crippen LogP) is 9.13. The van der Waals surface area contributed by atoms with Gasteiger partial charge in [-0.05, 0) is 18.3 Å². The van der Waals surface area contributed by atoms with E-state index in [-0.39, 0.29) is 0 Å². The molecular formula is C24H49. The highest BCUT2D eigenvalue weighted by atomic mass is 14.2. The minimum atomic E-state index is 0.883. The summed E-state index contributed by atoms with van der Waals surface area (Å²) in [5, 5.41) is 0. The van der Waals surface area contributed by atoms with Crippen LogP contribution in [0.2, 0.25) is 0 Å². The third-order valence-corrected chi connectivity index (χ3v) is 5.60. The fourth-order valence-corrected chi connectivity index (χ4v) is 3.83. The number of hydrogen-bond acceptors (Lipinski definition) is 0. The van der Waals surface area contributed by atoms with Crippen LogP contribution in [0.15, 0.2) is 0 Å². The molecule has 0 saturated carbocycles. The third kappa shape index (κ3) is 15.5. The van der Waals surface area contributed by atoms with Gasteiger partial charge in [0.25, 0.3) is 0 Å². The van der Waals surface area contributed by atoms with Crippen LogP contribution < -0.4 is 0 Å². The molecule has 0 rings (SSSR count). The molecule has 0 aliphatic carbocycles. The van der Waals surface area contributed by atoms with Gasteiger partial charge in [0.15, 0.2) is 0 Å². The average molecular weight is 338 g/mol. The normalized spacial score (nSPS) is 14.0. The second-order valence-electron chi connectivity index (χ2n) is 8.02. The number of rotatable bonds is 19. The lowest BCUT2D eigenvalue weighted by atomic mass is 9.83. The highest BCUT2D eigenvalue weighted by Crippen LogP contribution is 2.28. The molecule has 0 heteroatoms. The molecule has 0 aliphatic heterocycles. The van der Waals surface area contributed by atoms with Crippen molar-refractivity contribution in [1.82, 2.24) is 0 Å². The Balaban J connectivity index is 4.05. The van der Waals surface area contributed by atoms with Crippen molar-refractivity contribution in [3.8, 4) is 0 Å². The van der Waals surface area contributed by atoms with Crippen molar-refractivity contribution in [3.05, 3.63) is 6.42 Å². The molecule has 0 spiro atoms. The van der Waals surface area contributed by atoms with Gasteiger partial charge in [-0.3, -0.25) is 0 Å².